The highest BCUT2D eigenvalue weighted by molar-refractivity contribution is 6.31. The van der Waals surface area contributed by atoms with E-state index in [4.69, 9.17) is 11.6 Å². The molecule has 0 spiro atoms. The summed E-state index contributed by atoms with van der Waals surface area (Å²) in [6.45, 7) is 8.00. The van der Waals surface area contributed by atoms with Crippen LogP contribution >= 0.6 is 11.6 Å². The van der Waals surface area contributed by atoms with Gasteiger partial charge < -0.3 is 20.4 Å². The van der Waals surface area contributed by atoms with Gasteiger partial charge in [0.05, 0.1) is 5.02 Å². The molecule has 0 bridgehead atoms. The lowest BCUT2D eigenvalue weighted by atomic mass is 10.2. The molecule has 0 radical (unpaired) electrons. The Morgan fingerprint density at radius 1 is 1.48 bits per heavy atom. The van der Waals surface area contributed by atoms with Gasteiger partial charge in [-0.15, -0.1) is 0 Å². The third kappa shape index (κ3) is 6.43. The van der Waals surface area contributed by atoms with Crippen LogP contribution in [0.25, 0.3) is 0 Å². The number of carbonyl (C=O) groups excluding carboxylic acids is 1. The summed E-state index contributed by atoms with van der Waals surface area (Å²) < 4.78 is 13.4. The topological polar surface area (TPSA) is 60.0 Å². The van der Waals surface area contributed by atoms with Gasteiger partial charge in [0.1, 0.15) is 12.4 Å². The van der Waals surface area contributed by atoms with Gasteiger partial charge in [-0.1, -0.05) is 23.8 Å². The minimum Gasteiger partial charge on any atom is -0.369 e. The summed E-state index contributed by atoms with van der Waals surface area (Å²) >= 11 is 5.89. The average molecular weight is 396 g/mol. The summed E-state index contributed by atoms with van der Waals surface area (Å²) in [5.41, 5.74) is 1.86. The summed E-state index contributed by atoms with van der Waals surface area (Å²) in [6, 6.07) is 4.91. The van der Waals surface area contributed by atoms with Gasteiger partial charge in [-0.05, 0) is 31.5 Å². The lowest BCUT2D eigenvalue weighted by Crippen LogP contribution is -2.45. The zero-order chi connectivity index (χ0) is 20.0. The van der Waals surface area contributed by atoms with E-state index in [1.807, 2.05) is 6.92 Å². The first kappa shape index (κ1) is 21.0. The van der Waals surface area contributed by atoms with Crippen molar-refractivity contribution in [3.63, 3.8) is 0 Å². The standard InChI is InChI=1S/C19H27ClFN5O/c1-13(2)10-22-19(23-11-18(27)25(3)4)24-14-7-8-26(12-14)15-5-6-17(21)16(20)9-15/h5-6,9,14H,1,7-8,10-12H2,2-4H3,(H2,22,23,24). The van der Waals surface area contributed by atoms with Crippen LogP contribution < -0.4 is 15.5 Å². The number of rotatable bonds is 6. The van der Waals surface area contributed by atoms with Gasteiger partial charge in [0.15, 0.2) is 5.96 Å². The van der Waals surface area contributed by atoms with Gasteiger partial charge in [0, 0.05) is 45.5 Å². The van der Waals surface area contributed by atoms with Gasteiger partial charge in [0.25, 0.3) is 0 Å². The fraction of sp³-hybridized carbons (Fsp3) is 0.474. The smallest absolute Gasteiger partial charge is 0.243 e. The number of carbonyl (C=O) groups is 1. The van der Waals surface area contributed by atoms with E-state index in [2.05, 4.69) is 27.1 Å². The van der Waals surface area contributed by atoms with Crippen LogP contribution in [0.4, 0.5) is 10.1 Å². The molecule has 1 heterocycles. The Morgan fingerprint density at radius 3 is 2.85 bits per heavy atom. The van der Waals surface area contributed by atoms with Crippen molar-refractivity contribution < 1.29 is 9.18 Å². The summed E-state index contributed by atoms with van der Waals surface area (Å²) in [6.07, 6.45) is 0.893. The molecular weight excluding hydrogens is 369 g/mol. The normalized spacial score (nSPS) is 17.0. The zero-order valence-electron chi connectivity index (χ0n) is 16.1. The quantitative estimate of drug-likeness (QED) is 0.440. The predicted molar refractivity (Wildman–Crippen MR) is 109 cm³/mol. The molecule has 8 heteroatoms. The SMILES string of the molecule is C=C(C)CNC(=NCC(=O)N(C)C)NC1CCN(c2ccc(F)c(Cl)c2)C1. The van der Waals surface area contributed by atoms with E-state index in [0.717, 1.165) is 30.8 Å². The second-order valence-corrected chi connectivity index (χ2v) is 7.35. The molecule has 1 aromatic rings. The molecule has 1 amide bonds. The number of likely N-dealkylation sites (N-methyl/N-ethyl adjacent to an activating group) is 1. The molecule has 1 atom stereocenters. The molecule has 0 aromatic heterocycles. The maximum Gasteiger partial charge on any atom is 0.243 e. The monoisotopic (exact) mass is 395 g/mol. The molecule has 1 fully saturated rings. The second kappa shape index (κ2) is 9.60. The van der Waals surface area contributed by atoms with E-state index < -0.39 is 5.82 Å². The highest BCUT2D eigenvalue weighted by Gasteiger charge is 2.24. The van der Waals surface area contributed by atoms with E-state index in [1.165, 1.54) is 11.0 Å². The Bertz CT molecular complexity index is 722. The Hall–Kier alpha value is -2.28. The Kier molecular flexibility index (Phi) is 7.47. The fourth-order valence-corrected chi connectivity index (χ4v) is 2.84. The number of guanidine groups is 1. The van der Waals surface area contributed by atoms with Gasteiger partial charge >= 0.3 is 0 Å². The Morgan fingerprint density at radius 2 is 2.22 bits per heavy atom. The predicted octanol–water partition coefficient (Wildman–Crippen LogP) is 2.26. The first-order valence-electron chi connectivity index (χ1n) is 8.85. The van der Waals surface area contributed by atoms with Gasteiger partial charge in [-0.25, -0.2) is 9.38 Å². The van der Waals surface area contributed by atoms with Crippen LogP contribution in [0.15, 0.2) is 35.3 Å². The lowest BCUT2D eigenvalue weighted by molar-refractivity contribution is -0.127. The molecule has 148 valence electrons. The van der Waals surface area contributed by atoms with Crippen molar-refractivity contribution in [1.29, 1.82) is 0 Å². The largest absolute Gasteiger partial charge is 0.369 e. The summed E-state index contributed by atoms with van der Waals surface area (Å²) in [5, 5.41) is 6.68. The van der Waals surface area contributed by atoms with Crippen molar-refractivity contribution in [2.75, 3.05) is 45.2 Å². The third-order valence-electron chi connectivity index (χ3n) is 4.23. The fourth-order valence-electron chi connectivity index (χ4n) is 2.66. The molecule has 2 rings (SSSR count). The van der Waals surface area contributed by atoms with E-state index >= 15 is 0 Å². The molecule has 0 aliphatic carbocycles. The van der Waals surface area contributed by atoms with Crippen LogP contribution in [-0.4, -0.2) is 63.1 Å². The van der Waals surface area contributed by atoms with Crippen molar-refractivity contribution in [2.45, 2.75) is 19.4 Å². The van der Waals surface area contributed by atoms with E-state index in [1.54, 1.807) is 26.2 Å². The summed E-state index contributed by atoms with van der Waals surface area (Å²) in [5.74, 6) is 0.0934. The van der Waals surface area contributed by atoms with Crippen molar-refractivity contribution in [3.05, 3.63) is 41.2 Å². The number of amides is 1. The third-order valence-corrected chi connectivity index (χ3v) is 4.52. The minimum atomic E-state index is -0.418. The van der Waals surface area contributed by atoms with E-state index in [-0.39, 0.29) is 23.5 Å². The first-order valence-corrected chi connectivity index (χ1v) is 9.23. The van der Waals surface area contributed by atoms with Crippen LogP contribution in [-0.2, 0) is 4.79 Å². The molecule has 1 aliphatic rings. The molecule has 2 N–H and O–H groups in total. The van der Waals surface area contributed by atoms with Crippen LogP contribution in [0.2, 0.25) is 5.02 Å². The minimum absolute atomic E-state index is 0.0690. The number of hydrogen-bond donors (Lipinski definition) is 2. The van der Waals surface area contributed by atoms with Crippen LogP contribution in [0.1, 0.15) is 13.3 Å². The average Bonchev–Trinajstić information content (AvgIpc) is 3.07. The van der Waals surface area contributed by atoms with Crippen LogP contribution in [0, 0.1) is 5.82 Å². The zero-order valence-corrected chi connectivity index (χ0v) is 16.8. The number of hydrogen-bond acceptors (Lipinski definition) is 3. The van der Waals surface area contributed by atoms with Gasteiger partial charge in [-0.2, -0.15) is 0 Å². The van der Waals surface area contributed by atoms with Crippen molar-refractivity contribution in [3.8, 4) is 0 Å². The number of nitrogens with zero attached hydrogens (tertiary/aromatic N) is 3. The molecular formula is C19H27ClFN5O. The van der Waals surface area contributed by atoms with Gasteiger partial charge in [0.2, 0.25) is 5.91 Å². The highest BCUT2D eigenvalue weighted by Crippen LogP contribution is 2.25. The number of anilines is 1. The van der Waals surface area contributed by atoms with E-state index in [9.17, 15) is 9.18 Å². The lowest BCUT2D eigenvalue weighted by Gasteiger charge is -2.21. The maximum atomic E-state index is 13.4. The molecule has 6 nitrogen and oxygen atoms in total. The summed E-state index contributed by atoms with van der Waals surface area (Å²) in [4.78, 5) is 19.8. The molecule has 27 heavy (non-hydrogen) atoms. The molecule has 1 saturated heterocycles. The van der Waals surface area contributed by atoms with E-state index in [0.29, 0.717) is 12.5 Å². The summed E-state index contributed by atoms with van der Waals surface area (Å²) in [7, 11) is 3.41. The molecule has 1 aromatic carbocycles. The highest BCUT2D eigenvalue weighted by atomic mass is 35.5. The second-order valence-electron chi connectivity index (χ2n) is 6.94. The van der Waals surface area contributed by atoms with Gasteiger partial charge in [-0.3, -0.25) is 4.79 Å². The molecule has 0 saturated carbocycles. The Labute approximate surface area is 165 Å². The number of aliphatic imine (C=N–C) groups is 1. The van der Waals surface area contributed by atoms with Crippen LogP contribution in [0.5, 0.6) is 0 Å². The van der Waals surface area contributed by atoms with Crippen molar-refractivity contribution in [1.82, 2.24) is 15.5 Å². The number of nitrogens with one attached hydrogen (secondary N) is 2. The number of halogens is 2. The van der Waals surface area contributed by atoms with Crippen molar-refractivity contribution >= 4 is 29.2 Å². The molecule has 1 aliphatic heterocycles. The maximum absolute atomic E-state index is 13.4. The molecule has 1 unspecified atom stereocenters. The first-order chi connectivity index (χ1) is 12.8. The number of benzene rings is 1. The van der Waals surface area contributed by atoms with Crippen molar-refractivity contribution in [2.24, 2.45) is 4.99 Å². The Balaban J connectivity index is 1.99. The van der Waals surface area contributed by atoms with Crippen LogP contribution in [0.3, 0.4) is 0 Å².